The molecule has 172 valence electrons. The van der Waals surface area contributed by atoms with Crippen LogP contribution in [0.25, 0.3) is 22.3 Å². The normalized spacial score (nSPS) is 11.4. The molecule has 0 atom stereocenters. The predicted molar refractivity (Wildman–Crippen MR) is 128 cm³/mol. The van der Waals surface area contributed by atoms with Crippen molar-refractivity contribution in [2.24, 2.45) is 0 Å². The highest BCUT2D eigenvalue weighted by atomic mass is 35.5. The molecule has 0 spiro atoms. The summed E-state index contributed by atoms with van der Waals surface area (Å²) in [6.07, 6.45) is 2.39. The van der Waals surface area contributed by atoms with Gasteiger partial charge in [-0.15, -0.1) is 0 Å². The van der Waals surface area contributed by atoms with Gasteiger partial charge >= 0.3 is 0 Å². The van der Waals surface area contributed by atoms with Crippen molar-refractivity contribution in [3.63, 3.8) is 0 Å². The van der Waals surface area contributed by atoms with E-state index in [1.54, 1.807) is 36.4 Å². The van der Waals surface area contributed by atoms with Crippen LogP contribution in [0.5, 0.6) is 0 Å². The van der Waals surface area contributed by atoms with E-state index in [-0.39, 0.29) is 16.9 Å². The molecule has 4 rings (SSSR count). The SMILES string of the molecule is CS(=O)(=O)c1ccc(-c2cnn(C(=O)Cc3ccc(Cl)cc3)c(=O)c2-c2ccc(F)cc2)cc1. The van der Waals surface area contributed by atoms with Crippen molar-refractivity contribution in [1.82, 2.24) is 9.78 Å². The molecule has 0 aliphatic rings. The van der Waals surface area contributed by atoms with Crippen molar-refractivity contribution < 1.29 is 17.6 Å². The molecule has 9 heteroatoms. The Morgan fingerprint density at radius 2 is 1.53 bits per heavy atom. The second-order valence-electron chi connectivity index (χ2n) is 7.65. The summed E-state index contributed by atoms with van der Waals surface area (Å²) in [5, 5.41) is 4.60. The zero-order chi connectivity index (χ0) is 24.5. The maximum atomic E-state index is 13.5. The molecule has 0 bridgehead atoms. The average molecular weight is 497 g/mol. The lowest BCUT2D eigenvalue weighted by Gasteiger charge is -2.12. The number of hydrogen-bond acceptors (Lipinski definition) is 5. The molecule has 0 unspecified atom stereocenters. The van der Waals surface area contributed by atoms with E-state index < -0.39 is 27.1 Å². The second-order valence-corrected chi connectivity index (χ2v) is 10.1. The monoisotopic (exact) mass is 496 g/mol. The van der Waals surface area contributed by atoms with Crippen LogP contribution < -0.4 is 5.56 Å². The van der Waals surface area contributed by atoms with Gasteiger partial charge in [0, 0.05) is 16.8 Å². The third kappa shape index (κ3) is 4.98. The molecule has 0 saturated heterocycles. The van der Waals surface area contributed by atoms with Crippen molar-refractivity contribution in [3.05, 3.63) is 106 Å². The molecule has 1 aromatic heterocycles. The van der Waals surface area contributed by atoms with Crippen LogP contribution in [0.15, 0.2) is 88.7 Å². The van der Waals surface area contributed by atoms with Crippen LogP contribution >= 0.6 is 11.6 Å². The van der Waals surface area contributed by atoms with Gasteiger partial charge in [-0.05, 0) is 53.1 Å². The van der Waals surface area contributed by atoms with Crippen molar-refractivity contribution in [1.29, 1.82) is 0 Å². The number of carbonyl (C=O) groups excluding carboxylic acids is 1. The van der Waals surface area contributed by atoms with Crippen LogP contribution in [0.4, 0.5) is 4.39 Å². The Bertz CT molecular complexity index is 1530. The average Bonchev–Trinajstić information content (AvgIpc) is 2.80. The molecule has 0 amide bonds. The highest BCUT2D eigenvalue weighted by Gasteiger charge is 2.19. The highest BCUT2D eigenvalue weighted by Crippen LogP contribution is 2.29. The molecule has 0 fully saturated rings. The molecule has 1 heterocycles. The van der Waals surface area contributed by atoms with E-state index in [0.29, 0.717) is 27.3 Å². The van der Waals surface area contributed by atoms with E-state index in [2.05, 4.69) is 5.10 Å². The highest BCUT2D eigenvalue weighted by molar-refractivity contribution is 7.90. The van der Waals surface area contributed by atoms with Crippen LogP contribution in [0.2, 0.25) is 5.02 Å². The summed E-state index contributed by atoms with van der Waals surface area (Å²) in [6, 6.07) is 17.9. The quantitative estimate of drug-likeness (QED) is 0.401. The number of hydrogen-bond donors (Lipinski definition) is 0. The summed E-state index contributed by atoms with van der Waals surface area (Å²) < 4.78 is 37.9. The fourth-order valence-electron chi connectivity index (χ4n) is 3.48. The predicted octanol–water partition coefficient (Wildman–Crippen LogP) is 4.66. The summed E-state index contributed by atoms with van der Waals surface area (Å²) in [5.74, 6) is -1.02. The lowest BCUT2D eigenvalue weighted by molar-refractivity contribution is 0.0892. The minimum Gasteiger partial charge on any atom is -0.272 e. The Morgan fingerprint density at radius 1 is 0.941 bits per heavy atom. The number of nitrogens with zero attached hydrogens (tertiary/aromatic N) is 2. The van der Waals surface area contributed by atoms with Gasteiger partial charge in [0.2, 0.25) is 0 Å². The van der Waals surface area contributed by atoms with Gasteiger partial charge in [0.05, 0.1) is 23.1 Å². The van der Waals surface area contributed by atoms with Gasteiger partial charge in [-0.1, -0.05) is 48.0 Å². The number of aromatic nitrogens is 2. The Labute approximate surface area is 200 Å². The molecular formula is C25H18ClFN2O4S. The van der Waals surface area contributed by atoms with Gasteiger partial charge in [0.1, 0.15) is 5.82 Å². The largest absolute Gasteiger partial charge is 0.282 e. The van der Waals surface area contributed by atoms with Crippen molar-refractivity contribution in [2.45, 2.75) is 11.3 Å². The first-order chi connectivity index (χ1) is 16.1. The van der Waals surface area contributed by atoms with Crippen molar-refractivity contribution in [2.75, 3.05) is 6.26 Å². The van der Waals surface area contributed by atoms with Crippen LogP contribution in [-0.4, -0.2) is 30.4 Å². The van der Waals surface area contributed by atoms with Gasteiger partial charge in [0.25, 0.3) is 11.5 Å². The van der Waals surface area contributed by atoms with Gasteiger partial charge in [-0.2, -0.15) is 9.78 Å². The maximum absolute atomic E-state index is 13.5. The lowest BCUT2D eigenvalue weighted by atomic mass is 9.97. The summed E-state index contributed by atoms with van der Waals surface area (Å²) in [6.45, 7) is 0. The van der Waals surface area contributed by atoms with Crippen LogP contribution in [0.3, 0.4) is 0 Å². The van der Waals surface area contributed by atoms with E-state index >= 15 is 0 Å². The van der Waals surface area contributed by atoms with E-state index in [4.69, 9.17) is 11.6 Å². The molecule has 34 heavy (non-hydrogen) atoms. The first kappa shape index (κ1) is 23.5. The summed E-state index contributed by atoms with van der Waals surface area (Å²) in [7, 11) is -3.40. The molecule has 4 aromatic rings. The molecule has 0 aliphatic carbocycles. The molecule has 0 radical (unpaired) electrons. The van der Waals surface area contributed by atoms with Crippen molar-refractivity contribution >= 4 is 27.3 Å². The molecule has 0 saturated carbocycles. The van der Waals surface area contributed by atoms with Crippen LogP contribution in [0.1, 0.15) is 10.4 Å². The maximum Gasteiger partial charge on any atom is 0.282 e. The zero-order valence-electron chi connectivity index (χ0n) is 17.9. The van der Waals surface area contributed by atoms with E-state index in [1.807, 2.05) is 0 Å². The molecule has 0 N–H and O–H groups in total. The Hall–Kier alpha value is -3.62. The van der Waals surface area contributed by atoms with E-state index in [9.17, 15) is 22.4 Å². The molecule has 3 aromatic carbocycles. The standard InChI is InChI=1S/C25H18ClFN2O4S/c1-34(32,33)21-12-6-17(7-13-21)22-15-28-29(23(30)14-16-2-8-19(26)9-3-16)25(31)24(22)18-4-10-20(27)11-5-18/h2-13,15H,14H2,1H3. The fraction of sp³-hybridized carbons (Fsp3) is 0.0800. The Morgan fingerprint density at radius 3 is 2.12 bits per heavy atom. The first-order valence-corrected chi connectivity index (χ1v) is 12.4. The molecular weight excluding hydrogens is 479 g/mol. The Kier molecular flexibility index (Phi) is 6.45. The number of benzene rings is 3. The molecule has 0 aliphatic heterocycles. The zero-order valence-corrected chi connectivity index (χ0v) is 19.5. The second kappa shape index (κ2) is 9.32. The van der Waals surface area contributed by atoms with Gasteiger partial charge in [-0.3, -0.25) is 9.59 Å². The summed E-state index contributed by atoms with van der Waals surface area (Å²) >= 11 is 5.89. The summed E-state index contributed by atoms with van der Waals surface area (Å²) in [5.41, 5.74) is 1.43. The number of halogens is 2. The third-order valence-corrected chi connectivity index (χ3v) is 6.59. The van der Waals surface area contributed by atoms with E-state index in [1.165, 1.54) is 42.6 Å². The minimum absolute atomic E-state index is 0.0741. The van der Waals surface area contributed by atoms with Crippen LogP contribution in [0, 0.1) is 5.82 Å². The minimum atomic E-state index is -3.40. The Balaban J connectivity index is 1.83. The van der Waals surface area contributed by atoms with Gasteiger partial charge in [-0.25, -0.2) is 12.8 Å². The fourth-order valence-corrected chi connectivity index (χ4v) is 4.24. The number of carbonyl (C=O) groups is 1. The van der Waals surface area contributed by atoms with Gasteiger partial charge in [0.15, 0.2) is 9.84 Å². The lowest BCUT2D eigenvalue weighted by Crippen LogP contribution is -2.31. The molecule has 6 nitrogen and oxygen atoms in total. The van der Waals surface area contributed by atoms with Crippen molar-refractivity contribution in [3.8, 4) is 22.3 Å². The van der Waals surface area contributed by atoms with Crippen LogP contribution in [-0.2, 0) is 16.3 Å². The number of rotatable bonds is 5. The first-order valence-electron chi connectivity index (χ1n) is 10.1. The van der Waals surface area contributed by atoms with E-state index in [0.717, 1.165) is 10.9 Å². The summed E-state index contributed by atoms with van der Waals surface area (Å²) in [4.78, 5) is 26.5. The number of sulfone groups is 1. The third-order valence-electron chi connectivity index (χ3n) is 5.21. The van der Waals surface area contributed by atoms with Gasteiger partial charge < -0.3 is 0 Å². The smallest absolute Gasteiger partial charge is 0.272 e. The topological polar surface area (TPSA) is 86.1 Å².